The molecular weight excluding hydrogens is 769 g/mol. The molecule has 2 atom stereocenters. The van der Waals surface area contributed by atoms with Crippen molar-refractivity contribution < 1.29 is 32.8 Å². The molecule has 5 saturated heterocycles. The molecule has 3 aromatic rings. The van der Waals surface area contributed by atoms with Crippen molar-refractivity contribution in [2.45, 2.75) is 31.7 Å². The maximum absolute atomic E-state index is 15.7. The van der Waals surface area contributed by atoms with Crippen molar-refractivity contribution >= 4 is 58.6 Å². The molecule has 0 spiro atoms. The van der Waals surface area contributed by atoms with Crippen LogP contribution in [-0.2, 0) is 4.79 Å². The number of imide groups is 1. The van der Waals surface area contributed by atoms with Crippen LogP contribution in [0.5, 0.6) is 0 Å². The molecule has 312 valence electrons. The Morgan fingerprint density at radius 1 is 0.864 bits per heavy atom. The Balaban J connectivity index is 0.848. The van der Waals surface area contributed by atoms with E-state index >= 15 is 4.39 Å². The number of piperidine rings is 1. The van der Waals surface area contributed by atoms with Crippen LogP contribution in [0.15, 0.2) is 36.4 Å². The van der Waals surface area contributed by atoms with Gasteiger partial charge in [-0.1, -0.05) is 0 Å². The zero-order valence-corrected chi connectivity index (χ0v) is 32.8. The van der Waals surface area contributed by atoms with Crippen molar-refractivity contribution in [3.8, 4) is 0 Å². The third-order valence-electron chi connectivity index (χ3n) is 11.8. The molecule has 18 nitrogen and oxygen atoms in total. The van der Waals surface area contributed by atoms with E-state index in [2.05, 4.69) is 30.7 Å². The molecule has 0 aliphatic carbocycles. The van der Waals surface area contributed by atoms with Gasteiger partial charge in [0.1, 0.15) is 11.6 Å². The number of likely N-dealkylation sites (tertiary alicyclic amines) is 1. The number of hydrogen-bond acceptors (Lipinski definition) is 12. The lowest BCUT2D eigenvalue weighted by atomic mass is 10.0. The molecule has 20 heteroatoms. The minimum absolute atomic E-state index is 0.00419. The fourth-order valence-electron chi connectivity index (χ4n) is 8.61. The number of hydrogen-bond donors (Lipinski definition) is 3. The van der Waals surface area contributed by atoms with Gasteiger partial charge in [-0.25, -0.2) is 18.4 Å². The van der Waals surface area contributed by atoms with Crippen molar-refractivity contribution in [1.82, 2.24) is 40.1 Å². The number of carbonyl (C=O) groups excluding carboxylic acids is 5. The van der Waals surface area contributed by atoms with Gasteiger partial charge in [0.25, 0.3) is 11.8 Å². The number of aromatic nitrogens is 3. The van der Waals surface area contributed by atoms with Gasteiger partial charge < -0.3 is 35.6 Å². The number of benzene rings is 2. The Bertz CT molecular complexity index is 2150. The smallest absolute Gasteiger partial charge is 0.328 e. The second kappa shape index (κ2) is 16.6. The topological polar surface area (TPSA) is 197 Å². The third-order valence-corrected chi connectivity index (χ3v) is 11.8. The van der Waals surface area contributed by atoms with Crippen molar-refractivity contribution in [2.75, 3.05) is 106 Å². The Hall–Kier alpha value is -6.18. The van der Waals surface area contributed by atoms with Crippen LogP contribution in [0.3, 0.4) is 0 Å². The van der Waals surface area contributed by atoms with Gasteiger partial charge in [0, 0.05) is 103 Å². The average Bonchev–Trinajstić information content (AvgIpc) is 3.83. The second-order valence-electron chi connectivity index (χ2n) is 15.7. The molecule has 5 aliphatic heterocycles. The first kappa shape index (κ1) is 39.6. The van der Waals surface area contributed by atoms with Crippen LogP contribution in [0.4, 0.5) is 47.2 Å². The monoisotopic (exact) mass is 815 g/mol. The number of carbonyl (C=O) groups is 5. The van der Waals surface area contributed by atoms with Gasteiger partial charge >= 0.3 is 12.1 Å². The van der Waals surface area contributed by atoms with Crippen LogP contribution in [0.2, 0.25) is 0 Å². The Morgan fingerprint density at radius 3 is 2.41 bits per heavy atom. The molecule has 6 heterocycles. The largest absolute Gasteiger partial charge is 0.367 e. The van der Waals surface area contributed by atoms with Crippen molar-refractivity contribution in [3.63, 3.8) is 0 Å². The molecule has 7 amide bonds. The van der Waals surface area contributed by atoms with E-state index in [1.54, 1.807) is 29.0 Å². The summed E-state index contributed by atoms with van der Waals surface area (Å²) < 4.78 is 30.4. The minimum atomic E-state index is -0.833. The molecule has 5 aliphatic rings. The van der Waals surface area contributed by atoms with Gasteiger partial charge in [-0.3, -0.25) is 29.5 Å². The van der Waals surface area contributed by atoms with Gasteiger partial charge in [-0.2, -0.15) is 4.98 Å². The van der Waals surface area contributed by atoms with Crippen molar-refractivity contribution in [2.24, 2.45) is 11.7 Å². The second-order valence-corrected chi connectivity index (χ2v) is 15.7. The quantitative estimate of drug-likeness (QED) is 0.270. The van der Waals surface area contributed by atoms with E-state index in [9.17, 15) is 28.4 Å². The highest BCUT2D eigenvalue weighted by Gasteiger charge is 2.36. The fraction of sp³-hybridized carbons (Fsp3) is 0.487. The predicted octanol–water partition coefficient (Wildman–Crippen LogP) is 2.06. The number of likely N-dealkylation sites (N-methyl/N-ethyl adjacent to an activating group) is 1. The maximum atomic E-state index is 15.7. The molecule has 4 N–H and O–H groups in total. The normalized spacial score (nSPS) is 21.7. The third kappa shape index (κ3) is 8.39. The van der Waals surface area contributed by atoms with Crippen LogP contribution < -0.4 is 31.1 Å². The molecule has 0 bridgehead atoms. The van der Waals surface area contributed by atoms with E-state index in [-0.39, 0.29) is 65.6 Å². The molecular formula is C39H47F2N13O5. The summed E-state index contributed by atoms with van der Waals surface area (Å²) >= 11 is 0. The number of anilines is 5. The Labute approximate surface area is 339 Å². The molecule has 8 rings (SSSR count). The number of halogens is 2. The lowest BCUT2D eigenvalue weighted by Gasteiger charge is -2.37. The van der Waals surface area contributed by atoms with E-state index < -0.39 is 29.5 Å². The Kier molecular flexibility index (Phi) is 11.1. The maximum Gasteiger partial charge on any atom is 0.328 e. The van der Waals surface area contributed by atoms with Gasteiger partial charge in [0.05, 0.1) is 17.4 Å². The summed E-state index contributed by atoms with van der Waals surface area (Å²) in [5.41, 5.74) is 6.46. The van der Waals surface area contributed by atoms with E-state index in [0.717, 1.165) is 30.7 Å². The molecule has 1 aromatic heterocycles. The highest BCUT2D eigenvalue weighted by atomic mass is 19.1. The zero-order valence-electron chi connectivity index (χ0n) is 32.8. The summed E-state index contributed by atoms with van der Waals surface area (Å²) in [5.74, 6) is -2.05. The molecule has 5 fully saturated rings. The molecule has 59 heavy (non-hydrogen) atoms. The van der Waals surface area contributed by atoms with Crippen LogP contribution >= 0.6 is 0 Å². The standard InChI is InChI=1S/C39H47F2N13O5/c1-48-13-18-53(39(48)59)27-3-2-10-52(23-27)37-45-35(33(34(42)56)46-47-37)43-26-5-7-30(29(41)20-26)50-16-14-49(15-17-50)21-24-8-11-51(22-24)36(57)25-4-6-28(40)31(19-25)54-12-9-32(55)44-38(54)58/h4-7,19-20,24,27H,2-3,8-18,21-23H2,1H3,(H2,42,56)(H,43,45,47)(H,44,55,58)/t24?,27-/m1/s1. The first-order valence-corrected chi connectivity index (χ1v) is 20.0. The summed E-state index contributed by atoms with van der Waals surface area (Å²) in [4.78, 5) is 79.5. The van der Waals surface area contributed by atoms with Crippen molar-refractivity contribution in [1.29, 1.82) is 0 Å². The zero-order chi connectivity index (χ0) is 41.4. The molecule has 1 unspecified atom stereocenters. The summed E-state index contributed by atoms with van der Waals surface area (Å²) in [6, 6.07) is 7.95. The number of nitrogens with two attached hydrogens (primary N) is 1. The average molecular weight is 816 g/mol. The minimum Gasteiger partial charge on any atom is -0.367 e. The van der Waals surface area contributed by atoms with Gasteiger partial charge in [-0.05, 0) is 61.6 Å². The number of piperazine rings is 1. The van der Waals surface area contributed by atoms with Gasteiger partial charge in [0.2, 0.25) is 11.9 Å². The summed E-state index contributed by atoms with van der Waals surface area (Å²) in [5, 5.41) is 13.4. The summed E-state index contributed by atoms with van der Waals surface area (Å²) in [6.07, 6.45) is 2.52. The molecule has 0 saturated carbocycles. The lowest BCUT2D eigenvalue weighted by molar-refractivity contribution is -0.120. The molecule has 2 aromatic carbocycles. The van der Waals surface area contributed by atoms with E-state index in [0.29, 0.717) is 76.8 Å². The van der Waals surface area contributed by atoms with E-state index in [1.165, 1.54) is 24.3 Å². The number of rotatable bonds is 10. The predicted molar refractivity (Wildman–Crippen MR) is 213 cm³/mol. The van der Waals surface area contributed by atoms with E-state index in [4.69, 9.17) is 5.73 Å². The van der Waals surface area contributed by atoms with Crippen LogP contribution in [0.25, 0.3) is 0 Å². The first-order chi connectivity index (χ1) is 28.4. The van der Waals surface area contributed by atoms with Crippen molar-refractivity contribution in [3.05, 3.63) is 59.3 Å². The summed E-state index contributed by atoms with van der Waals surface area (Å²) in [6.45, 7) is 6.93. The Morgan fingerprint density at radius 2 is 1.68 bits per heavy atom. The highest BCUT2D eigenvalue weighted by molar-refractivity contribution is 6.06. The van der Waals surface area contributed by atoms with Crippen LogP contribution in [0, 0.1) is 17.6 Å². The van der Waals surface area contributed by atoms with E-state index in [1.807, 2.05) is 14.7 Å². The highest BCUT2D eigenvalue weighted by Crippen LogP contribution is 2.30. The SMILES string of the molecule is CN1CCN([C@@H]2CCCN(c3nnc(C(N)=O)c(Nc4ccc(N5CCN(CC6CCN(C(=O)c7ccc(F)c(N8CCC(=O)NC8=O)c7)C6)CC5)c(F)c4)n3)C2)C1=O. The summed E-state index contributed by atoms with van der Waals surface area (Å²) in [7, 11) is 1.79. The van der Waals surface area contributed by atoms with Gasteiger partial charge in [-0.15, -0.1) is 10.2 Å². The van der Waals surface area contributed by atoms with Crippen LogP contribution in [-0.4, -0.2) is 156 Å². The molecule has 0 radical (unpaired) electrons. The number of primary amides is 1. The first-order valence-electron chi connectivity index (χ1n) is 20.0. The number of urea groups is 2. The number of nitrogens with one attached hydrogen (secondary N) is 2. The number of nitrogens with zero attached hydrogens (tertiary/aromatic N) is 10. The lowest BCUT2D eigenvalue weighted by Crippen LogP contribution is -2.50. The fourth-order valence-corrected chi connectivity index (χ4v) is 8.61. The number of amides is 7. The van der Waals surface area contributed by atoms with Crippen LogP contribution in [0.1, 0.15) is 46.5 Å². The van der Waals surface area contributed by atoms with Gasteiger partial charge in [0.15, 0.2) is 11.5 Å².